The largest absolute Gasteiger partial charge is 0.508 e. The summed E-state index contributed by atoms with van der Waals surface area (Å²) < 4.78 is 10.8. The highest BCUT2D eigenvalue weighted by Gasteiger charge is 2.14. The van der Waals surface area contributed by atoms with Crippen molar-refractivity contribution >= 4 is 6.16 Å². The van der Waals surface area contributed by atoms with E-state index in [4.69, 9.17) is 9.47 Å². The van der Waals surface area contributed by atoms with E-state index in [1.54, 1.807) is 0 Å². The molecule has 0 heterocycles. The van der Waals surface area contributed by atoms with E-state index in [-0.39, 0.29) is 0 Å². The molecule has 0 fully saturated rings. The van der Waals surface area contributed by atoms with Crippen molar-refractivity contribution in [2.24, 2.45) is 11.8 Å². The van der Waals surface area contributed by atoms with E-state index in [2.05, 4.69) is 27.7 Å². The zero-order valence-electron chi connectivity index (χ0n) is 21.0. The molecule has 2 unspecified atom stereocenters. The number of ether oxygens (including phenoxy) is 2. The van der Waals surface area contributed by atoms with Crippen LogP contribution in [-0.2, 0) is 9.47 Å². The van der Waals surface area contributed by atoms with Gasteiger partial charge in [-0.05, 0) is 24.7 Å². The van der Waals surface area contributed by atoms with Gasteiger partial charge in [0.05, 0.1) is 13.2 Å². The van der Waals surface area contributed by atoms with Crippen molar-refractivity contribution < 1.29 is 14.3 Å². The van der Waals surface area contributed by atoms with Crippen LogP contribution in [0.25, 0.3) is 0 Å². The van der Waals surface area contributed by atoms with Crippen LogP contribution in [0.4, 0.5) is 4.79 Å². The summed E-state index contributed by atoms with van der Waals surface area (Å²) in [6.45, 7) is 9.93. The zero-order valence-corrected chi connectivity index (χ0v) is 21.0. The molecule has 2 atom stereocenters. The van der Waals surface area contributed by atoms with Crippen molar-refractivity contribution in [2.75, 3.05) is 13.2 Å². The van der Waals surface area contributed by atoms with Crippen molar-refractivity contribution in [3.8, 4) is 0 Å². The van der Waals surface area contributed by atoms with Gasteiger partial charge in [-0.3, -0.25) is 0 Å². The molecule has 0 N–H and O–H groups in total. The minimum Gasteiger partial charge on any atom is -0.434 e. The van der Waals surface area contributed by atoms with Gasteiger partial charge in [-0.15, -0.1) is 0 Å². The zero-order chi connectivity index (χ0) is 22.3. The van der Waals surface area contributed by atoms with E-state index >= 15 is 0 Å². The third-order valence-corrected chi connectivity index (χ3v) is 6.46. The SMILES string of the molecule is CCCCCCCCCC(CC)COC(=O)OCC(CC)CCCCCCCCC. The lowest BCUT2D eigenvalue weighted by atomic mass is 9.98. The van der Waals surface area contributed by atoms with Gasteiger partial charge in [0.15, 0.2) is 0 Å². The van der Waals surface area contributed by atoms with Gasteiger partial charge in [0.1, 0.15) is 0 Å². The molecule has 0 saturated heterocycles. The molecule has 0 aliphatic carbocycles. The second-order valence-corrected chi connectivity index (χ2v) is 9.24. The van der Waals surface area contributed by atoms with E-state index in [0.717, 1.165) is 25.7 Å². The summed E-state index contributed by atoms with van der Waals surface area (Å²) in [6, 6.07) is 0. The molecule has 0 bridgehead atoms. The molecule has 0 saturated carbocycles. The van der Waals surface area contributed by atoms with Gasteiger partial charge < -0.3 is 9.47 Å². The lowest BCUT2D eigenvalue weighted by Gasteiger charge is -2.17. The summed E-state index contributed by atoms with van der Waals surface area (Å²) in [5.41, 5.74) is 0. The maximum atomic E-state index is 12.0. The van der Waals surface area contributed by atoms with Crippen molar-refractivity contribution in [2.45, 2.75) is 143 Å². The Kier molecular flexibility index (Phi) is 22.4. The molecule has 0 spiro atoms. The first-order valence-electron chi connectivity index (χ1n) is 13.5. The summed E-state index contributed by atoms with van der Waals surface area (Å²) in [5.74, 6) is 0.950. The van der Waals surface area contributed by atoms with Crippen molar-refractivity contribution in [1.29, 1.82) is 0 Å². The lowest BCUT2D eigenvalue weighted by molar-refractivity contribution is 0.0315. The first-order chi connectivity index (χ1) is 14.7. The monoisotopic (exact) mass is 426 g/mol. The molecule has 0 rings (SSSR count). The maximum Gasteiger partial charge on any atom is 0.508 e. The van der Waals surface area contributed by atoms with Crippen LogP contribution in [0.5, 0.6) is 0 Å². The predicted molar refractivity (Wildman–Crippen MR) is 130 cm³/mol. The molecule has 3 heteroatoms. The summed E-state index contributed by atoms with van der Waals surface area (Å²) in [6.07, 6.45) is 22.6. The van der Waals surface area contributed by atoms with E-state index in [1.165, 1.54) is 89.9 Å². The number of rotatable bonds is 22. The van der Waals surface area contributed by atoms with Gasteiger partial charge in [-0.25, -0.2) is 4.79 Å². The van der Waals surface area contributed by atoms with Gasteiger partial charge in [-0.1, -0.05) is 130 Å². The minimum atomic E-state index is -0.467. The van der Waals surface area contributed by atoms with Gasteiger partial charge in [-0.2, -0.15) is 0 Å². The van der Waals surface area contributed by atoms with Crippen LogP contribution in [0.1, 0.15) is 143 Å². The highest BCUT2D eigenvalue weighted by atomic mass is 16.7. The Morgan fingerprint density at radius 1 is 0.533 bits per heavy atom. The summed E-state index contributed by atoms with van der Waals surface area (Å²) in [4.78, 5) is 12.0. The average Bonchev–Trinajstić information content (AvgIpc) is 2.76. The van der Waals surface area contributed by atoms with Crippen molar-refractivity contribution in [1.82, 2.24) is 0 Å². The third-order valence-electron chi connectivity index (χ3n) is 6.46. The quantitative estimate of drug-likeness (QED) is 0.128. The average molecular weight is 427 g/mol. The molecule has 180 valence electrons. The van der Waals surface area contributed by atoms with Crippen LogP contribution < -0.4 is 0 Å². The summed E-state index contributed by atoms with van der Waals surface area (Å²) >= 11 is 0. The minimum absolute atomic E-state index is 0.467. The fraction of sp³-hybridized carbons (Fsp3) is 0.963. The Labute approximate surface area is 189 Å². The standard InChI is InChI=1S/C27H54O3/c1-5-9-11-13-15-17-19-21-25(7-3)23-29-27(28)30-24-26(8-4)22-20-18-16-14-12-10-6-2/h25-26H,5-24H2,1-4H3. The molecule has 0 radical (unpaired) electrons. The highest BCUT2D eigenvalue weighted by molar-refractivity contribution is 5.59. The van der Waals surface area contributed by atoms with E-state index in [9.17, 15) is 4.79 Å². The first-order valence-corrected chi connectivity index (χ1v) is 13.5. The molecule has 30 heavy (non-hydrogen) atoms. The second-order valence-electron chi connectivity index (χ2n) is 9.24. The molecule has 0 aliphatic rings. The Hall–Kier alpha value is -0.730. The van der Waals surface area contributed by atoms with Gasteiger partial charge in [0, 0.05) is 0 Å². The normalized spacial score (nSPS) is 13.2. The van der Waals surface area contributed by atoms with E-state index < -0.39 is 6.16 Å². The molecular formula is C27H54O3. The van der Waals surface area contributed by atoms with E-state index in [1.807, 2.05) is 0 Å². The number of hydrogen-bond acceptors (Lipinski definition) is 3. The number of carbonyl (C=O) groups excluding carboxylic acids is 1. The topological polar surface area (TPSA) is 35.5 Å². The van der Waals surface area contributed by atoms with Crippen molar-refractivity contribution in [3.05, 3.63) is 0 Å². The Balaban J connectivity index is 3.74. The van der Waals surface area contributed by atoms with Crippen LogP contribution >= 0.6 is 0 Å². The maximum absolute atomic E-state index is 12.0. The summed E-state index contributed by atoms with van der Waals surface area (Å²) in [5, 5.41) is 0. The van der Waals surface area contributed by atoms with Crippen LogP contribution in [-0.4, -0.2) is 19.4 Å². The fourth-order valence-corrected chi connectivity index (χ4v) is 4.00. The van der Waals surface area contributed by atoms with Crippen LogP contribution in [0.2, 0.25) is 0 Å². The van der Waals surface area contributed by atoms with E-state index in [0.29, 0.717) is 25.0 Å². The van der Waals surface area contributed by atoms with Gasteiger partial charge >= 0.3 is 6.16 Å². The molecule has 3 nitrogen and oxygen atoms in total. The third kappa shape index (κ3) is 19.2. The highest BCUT2D eigenvalue weighted by Crippen LogP contribution is 2.18. The van der Waals surface area contributed by atoms with Gasteiger partial charge in [0.2, 0.25) is 0 Å². The lowest BCUT2D eigenvalue weighted by Crippen LogP contribution is -2.18. The summed E-state index contributed by atoms with van der Waals surface area (Å²) in [7, 11) is 0. The first kappa shape index (κ1) is 29.3. The molecule has 0 aromatic heterocycles. The predicted octanol–water partition coefficient (Wildman–Crippen LogP) is 9.47. The molecule has 0 amide bonds. The van der Waals surface area contributed by atoms with Crippen molar-refractivity contribution in [3.63, 3.8) is 0 Å². The Morgan fingerprint density at radius 2 is 0.867 bits per heavy atom. The fourth-order valence-electron chi connectivity index (χ4n) is 4.00. The van der Waals surface area contributed by atoms with Crippen LogP contribution in [0, 0.1) is 11.8 Å². The molecule has 0 aromatic carbocycles. The molecule has 0 aliphatic heterocycles. The van der Waals surface area contributed by atoms with Crippen LogP contribution in [0.15, 0.2) is 0 Å². The Bertz CT molecular complexity index is 324. The van der Waals surface area contributed by atoms with Gasteiger partial charge in [0.25, 0.3) is 0 Å². The smallest absolute Gasteiger partial charge is 0.434 e. The number of carbonyl (C=O) groups is 1. The second kappa shape index (κ2) is 22.9. The number of unbranched alkanes of at least 4 members (excludes halogenated alkanes) is 12. The van der Waals surface area contributed by atoms with Crippen LogP contribution in [0.3, 0.4) is 0 Å². The number of hydrogen-bond donors (Lipinski definition) is 0. The Morgan fingerprint density at radius 3 is 1.20 bits per heavy atom. The molecule has 0 aromatic rings. The molecular weight excluding hydrogens is 372 g/mol.